The number of allylic oxidation sites excluding steroid dienone is 1. The van der Waals surface area contributed by atoms with Crippen molar-refractivity contribution in [2.24, 2.45) is 5.92 Å². The molecule has 136 valence electrons. The van der Waals surface area contributed by atoms with Crippen molar-refractivity contribution in [2.75, 3.05) is 26.3 Å². The van der Waals surface area contributed by atoms with Crippen molar-refractivity contribution >= 4 is 11.9 Å². The fraction of sp³-hybridized carbons (Fsp3) is 0.571. The zero-order valence-electron chi connectivity index (χ0n) is 15.8. The molecule has 1 aromatic rings. The first-order chi connectivity index (χ1) is 11.9. The van der Waals surface area contributed by atoms with Gasteiger partial charge in [-0.15, -0.1) is 0 Å². The van der Waals surface area contributed by atoms with Gasteiger partial charge in [-0.3, -0.25) is 9.69 Å². The van der Waals surface area contributed by atoms with Gasteiger partial charge in [0.05, 0.1) is 13.2 Å². The first-order valence-electron chi connectivity index (χ1n) is 9.24. The van der Waals surface area contributed by atoms with Crippen LogP contribution in [0.4, 0.5) is 0 Å². The minimum atomic E-state index is 0.142. The van der Waals surface area contributed by atoms with Crippen LogP contribution < -0.4 is 0 Å². The number of nitrogens with zero attached hydrogens (tertiary/aromatic N) is 1. The van der Waals surface area contributed by atoms with E-state index in [1.165, 1.54) is 5.57 Å². The van der Waals surface area contributed by atoms with Gasteiger partial charge in [0.25, 0.3) is 0 Å². The van der Waals surface area contributed by atoms with Crippen LogP contribution in [0.5, 0.6) is 5.75 Å². The Labute approximate surface area is 150 Å². The molecule has 1 aromatic carbocycles. The van der Waals surface area contributed by atoms with E-state index in [0.717, 1.165) is 73.5 Å². The third-order valence-corrected chi connectivity index (χ3v) is 5.23. The van der Waals surface area contributed by atoms with Crippen LogP contribution in [0.2, 0.25) is 0 Å². The maximum atomic E-state index is 13.0. The Morgan fingerprint density at radius 3 is 2.40 bits per heavy atom. The molecule has 0 atom stereocenters. The molecule has 25 heavy (non-hydrogen) atoms. The number of aromatic hydroxyl groups is 1. The van der Waals surface area contributed by atoms with Crippen molar-refractivity contribution in [2.45, 2.75) is 47.1 Å². The van der Waals surface area contributed by atoms with Crippen molar-refractivity contribution in [3.8, 4) is 5.75 Å². The molecule has 4 nitrogen and oxygen atoms in total. The van der Waals surface area contributed by atoms with E-state index in [2.05, 4.69) is 24.8 Å². The zero-order chi connectivity index (χ0) is 18.1. The first-order valence-corrected chi connectivity index (χ1v) is 9.24. The number of carbonyl (C=O) groups is 1. The smallest absolute Gasteiger partial charge is 0.166 e. The Morgan fingerprint density at radius 1 is 1.20 bits per heavy atom. The van der Waals surface area contributed by atoms with Crippen LogP contribution >= 0.6 is 0 Å². The van der Waals surface area contributed by atoms with E-state index in [-0.39, 0.29) is 17.5 Å². The van der Waals surface area contributed by atoms with E-state index in [1.54, 1.807) is 0 Å². The molecule has 4 heteroatoms. The summed E-state index contributed by atoms with van der Waals surface area (Å²) in [5, 5.41) is 10.6. The molecule has 1 aliphatic carbocycles. The number of rotatable bonds is 5. The molecule has 0 aromatic heterocycles. The van der Waals surface area contributed by atoms with Crippen LogP contribution in [-0.2, 0) is 11.3 Å². The molecule has 1 N–H and O–H groups in total. The lowest BCUT2D eigenvalue weighted by Crippen LogP contribution is -2.36. The Balaban J connectivity index is 2.14. The predicted octanol–water partition coefficient (Wildman–Crippen LogP) is 3.86. The van der Waals surface area contributed by atoms with E-state index in [4.69, 9.17) is 4.74 Å². The van der Waals surface area contributed by atoms with Crippen LogP contribution in [0.1, 0.15) is 59.3 Å². The van der Waals surface area contributed by atoms with Crippen LogP contribution in [0.25, 0.3) is 6.08 Å². The normalized spacial score (nSPS) is 18.2. The number of hydrogen-bond acceptors (Lipinski definition) is 4. The Hall–Kier alpha value is -1.65. The van der Waals surface area contributed by atoms with Crippen molar-refractivity contribution in [3.63, 3.8) is 0 Å². The number of phenols is 1. The van der Waals surface area contributed by atoms with Crippen molar-refractivity contribution < 1.29 is 14.6 Å². The lowest BCUT2D eigenvalue weighted by molar-refractivity contribution is 0.0340. The minimum absolute atomic E-state index is 0.142. The number of morpholine rings is 1. The molecule has 2 aliphatic rings. The van der Waals surface area contributed by atoms with Gasteiger partial charge in [0.1, 0.15) is 5.75 Å². The second kappa shape index (κ2) is 7.30. The van der Waals surface area contributed by atoms with Gasteiger partial charge < -0.3 is 9.84 Å². The molecule has 0 spiro atoms. The number of benzene rings is 1. The summed E-state index contributed by atoms with van der Waals surface area (Å²) < 4.78 is 5.46. The number of hydrogen-bond donors (Lipinski definition) is 1. The summed E-state index contributed by atoms with van der Waals surface area (Å²) in [6, 6.07) is 0. The summed E-state index contributed by atoms with van der Waals surface area (Å²) in [4.78, 5) is 15.4. The Kier molecular flexibility index (Phi) is 5.30. The topological polar surface area (TPSA) is 49.8 Å². The van der Waals surface area contributed by atoms with Gasteiger partial charge in [-0.2, -0.15) is 0 Å². The summed E-state index contributed by atoms with van der Waals surface area (Å²) in [7, 11) is 0. The number of carbonyl (C=O) groups excluding carboxylic acids is 1. The molecular weight excluding hydrogens is 314 g/mol. The van der Waals surface area contributed by atoms with E-state index < -0.39 is 0 Å². The van der Waals surface area contributed by atoms with E-state index in [9.17, 15) is 9.90 Å². The van der Waals surface area contributed by atoms with Gasteiger partial charge >= 0.3 is 0 Å². The van der Waals surface area contributed by atoms with Gasteiger partial charge in [-0.1, -0.05) is 11.6 Å². The number of Topliss-reactive ketones (excluding diaryl/α,β-unsaturated/α-hetero) is 1. The lowest BCUT2D eigenvalue weighted by atomic mass is 9.87. The quantitative estimate of drug-likeness (QED) is 0.825. The molecule has 1 saturated carbocycles. The molecule has 3 rings (SSSR count). The summed E-state index contributed by atoms with van der Waals surface area (Å²) in [5.74, 6) is 0.616. The molecule has 0 amide bonds. The van der Waals surface area contributed by atoms with E-state index in [1.807, 2.05) is 13.8 Å². The van der Waals surface area contributed by atoms with Crippen LogP contribution in [-0.4, -0.2) is 42.1 Å². The first kappa shape index (κ1) is 18.2. The van der Waals surface area contributed by atoms with Crippen molar-refractivity contribution in [1.29, 1.82) is 0 Å². The lowest BCUT2D eigenvalue weighted by Gasteiger charge is -2.29. The Bertz CT molecular complexity index is 707. The Morgan fingerprint density at radius 2 is 1.84 bits per heavy atom. The molecule has 1 aliphatic heterocycles. The van der Waals surface area contributed by atoms with Crippen LogP contribution in [0.15, 0.2) is 5.57 Å². The van der Waals surface area contributed by atoms with Gasteiger partial charge in [0.15, 0.2) is 5.78 Å². The molecule has 2 fully saturated rings. The van der Waals surface area contributed by atoms with Gasteiger partial charge in [0.2, 0.25) is 0 Å². The maximum Gasteiger partial charge on any atom is 0.166 e. The average Bonchev–Trinajstić information content (AvgIpc) is 3.42. The predicted molar refractivity (Wildman–Crippen MR) is 100 cm³/mol. The van der Waals surface area contributed by atoms with Crippen molar-refractivity contribution in [1.82, 2.24) is 4.90 Å². The summed E-state index contributed by atoms with van der Waals surface area (Å²) in [6.07, 6.45) is 4.05. The minimum Gasteiger partial charge on any atom is -0.507 e. The molecule has 0 bridgehead atoms. The second-order valence-corrected chi connectivity index (χ2v) is 7.61. The van der Waals surface area contributed by atoms with Crippen LogP contribution in [0.3, 0.4) is 0 Å². The highest BCUT2D eigenvalue weighted by Gasteiger charge is 2.35. The SMILES string of the molecule is CC(C)=Cc1c(C)c(O)c(C)c(C(=O)C2CC2)c1CN1CCOCC1. The standard InChI is InChI=1S/C21H29NO3/c1-13(2)11-17-14(3)20(23)15(4)19(21(24)16-5-6-16)18(17)12-22-7-9-25-10-8-22/h11,16,23H,5-10,12H2,1-4H3. The fourth-order valence-electron chi connectivity index (χ4n) is 3.63. The largest absolute Gasteiger partial charge is 0.507 e. The number of ether oxygens (including phenoxy) is 1. The van der Waals surface area contributed by atoms with E-state index >= 15 is 0 Å². The second-order valence-electron chi connectivity index (χ2n) is 7.61. The van der Waals surface area contributed by atoms with E-state index in [0.29, 0.717) is 0 Å². The number of ketones is 1. The highest BCUT2D eigenvalue weighted by atomic mass is 16.5. The number of phenolic OH excluding ortho intramolecular Hbond substituents is 1. The zero-order valence-corrected chi connectivity index (χ0v) is 15.8. The molecule has 0 unspecified atom stereocenters. The maximum absolute atomic E-state index is 13.0. The summed E-state index contributed by atoms with van der Waals surface area (Å²) >= 11 is 0. The summed E-state index contributed by atoms with van der Waals surface area (Å²) in [5.41, 5.74) is 5.62. The van der Waals surface area contributed by atoms with Gasteiger partial charge in [-0.05, 0) is 57.2 Å². The molecule has 1 saturated heterocycles. The third kappa shape index (κ3) is 3.80. The highest BCUT2D eigenvalue weighted by molar-refractivity contribution is 6.03. The van der Waals surface area contributed by atoms with Crippen LogP contribution in [0, 0.1) is 19.8 Å². The fourth-order valence-corrected chi connectivity index (χ4v) is 3.63. The van der Waals surface area contributed by atoms with Crippen molar-refractivity contribution in [3.05, 3.63) is 33.4 Å². The highest BCUT2D eigenvalue weighted by Crippen LogP contribution is 2.40. The molecular formula is C21H29NO3. The monoisotopic (exact) mass is 343 g/mol. The third-order valence-electron chi connectivity index (χ3n) is 5.23. The summed E-state index contributed by atoms with van der Waals surface area (Å²) in [6.45, 7) is 11.9. The van der Waals surface area contributed by atoms with Gasteiger partial charge in [0, 0.05) is 36.7 Å². The molecule has 0 radical (unpaired) electrons. The molecule has 1 heterocycles. The average molecular weight is 343 g/mol. The van der Waals surface area contributed by atoms with Gasteiger partial charge in [-0.25, -0.2) is 0 Å².